The standard InChI is InChI=1S/C20H20N4O3/c1-26-16-6-8-18(19(10-16)27-2)24-20(25)23-12-14-5-7-17(22-11-14)15-4-3-9-21-13-15/h3-11,13H,12H2,1-2H3,(H2,23,24,25). The van der Waals surface area contributed by atoms with Crippen LogP contribution in [0.15, 0.2) is 61.1 Å². The molecule has 0 aliphatic heterocycles. The van der Waals surface area contributed by atoms with Gasteiger partial charge in [-0.25, -0.2) is 4.79 Å². The Kier molecular flexibility index (Phi) is 5.84. The fraction of sp³-hybridized carbons (Fsp3) is 0.150. The number of urea groups is 1. The van der Waals surface area contributed by atoms with Gasteiger partial charge in [-0.3, -0.25) is 9.97 Å². The lowest BCUT2D eigenvalue weighted by molar-refractivity contribution is 0.251. The maximum atomic E-state index is 12.2. The molecule has 7 heteroatoms. The van der Waals surface area contributed by atoms with E-state index in [1.807, 2.05) is 24.3 Å². The number of carbonyl (C=O) groups excluding carboxylic acids is 1. The van der Waals surface area contributed by atoms with Crippen molar-refractivity contribution in [3.05, 3.63) is 66.6 Å². The molecule has 2 N–H and O–H groups in total. The van der Waals surface area contributed by atoms with Crippen LogP contribution in [0.3, 0.4) is 0 Å². The van der Waals surface area contributed by atoms with E-state index in [0.717, 1.165) is 16.8 Å². The third-order valence-corrected chi connectivity index (χ3v) is 3.89. The summed E-state index contributed by atoms with van der Waals surface area (Å²) in [6, 6.07) is 12.5. The number of nitrogens with one attached hydrogen (secondary N) is 2. The van der Waals surface area contributed by atoms with Crippen LogP contribution in [0.5, 0.6) is 11.5 Å². The van der Waals surface area contributed by atoms with E-state index in [9.17, 15) is 4.79 Å². The number of hydrogen-bond donors (Lipinski definition) is 2. The molecule has 0 aliphatic rings. The van der Waals surface area contributed by atoms with Gasteiger partial charge in [0.15, 0.2) is 0 Å². The number of carbonyl (C=O) groups is 1. The summed E-state index contributed by atoms with van der Waals surface area (Å²) in [6.07, 6.45) is 5.21. The van der Waals surface area contributed by atoms with E-state index in [-0.39, 0.29) is 6.03 Å². The van der Waals surface area contributed by atoms with Gasteiger partial charge < -0.3 is 20.1 Å². The predicted octanol–water partition coefficient (Wildman–Crippen LogP) is 3.48. The minimum atomic E-state index is -0.338. The lowest BCUT2D eigenvalue weighted by atomic mass is 10.1. The van der Waals surface area contributed by atoms with Crippen LogP contribution in [-0.2, 0) is 6.54 Å². The molecule has 0 saturated carbocycles. The van der Waals surface area contributed by atoms with Crippen molar-refractivity contribution in [1.82, 2.24) is 15.3 Å². The number of anilines is 1. The van der Waals surface area contributed by atoms with Crippen molar-refractivity contribution in [2.75, 3.05) is 19.5 Å². The fourth-order valence-electron chi connectivity index (χ4n) is 2.46. The van der Waals surface area contributed by atoms with Crippen LogP contribution in [0.4, 0.5) is 10.5 Å². The molecule has 0 fully saturated rings. The largest absolute Gasteiger partial charge is 0.497 e. The molecule has 0 unspecified atom stereocenters. The maximum Gasteiger partial charge on any atom is 0.319 e. The molecule has 2 aromatic heterocycles. The number of pyridine rings is 2. The Balaban J connectivity index is 1.58. The summed E-state index contributed by atoms with van der Waals surface area (Å²) >= 11 is 0. The first-order valence-corrected chi connectivity index (χ1v) is 8.32. The molecule has 0 saturated heterocycles. The summed E-state index contributed by atoms with van der Waals surface area (Å²) < 4.78 is 10.4. The molecule has 138 valence electrons. The van der Waals surface area contributed by atoms with E-state index in [1.165, 1.54) is 7.11 Å². The zero-order chi connectivity index (χ0) is 19.1. The second-order valence-corrected chi connectivity index (χ2v) is 5.67. The average molecular weight is 364 g/mol. The average Bonchev–Trinajstić information content (AvgIpc) is 2.73. The lowest BCUT2D eigenvalue weighted by Gasteiger charge is -2.12. The highest BCUT2D eigenvalue weighted by atomic mass is 16.5. The Bertz CT molecular complexity index is 899. The first-order valence-electron chi connectivity index (χ1n) is 8.32. The van der Waals surface area contributed by atoms with Gasteiger partial charge in [0.1, 0.15) is 11.5 Å². The van der Waals surface area contributed by atoms with Crippen LogP contribution in [0.25, 0.3) is 11.3 Å². The molecule has 7 nitrogen and oxygen atoms in total. The molecule has 0 radical (unpaired) electrons. The Labute approximate surface area is 157 Å². The molecule has 2 amide bonds. The third-order valence-electron chi connectivity index (χ3n) is 3.89. The van der Waals surface area contributed by atoms with Gasteiger partial charge in [0.25, 0.3) is 0 Å². The molecule has 0 bridgehead atoms. The summed E-state index contributed by atoms with van der Waals surface area (Å²) in [5.74, 6) is 1.17. The van der Waals surface area contributed by atoms with E-state index < -0.39 is 0 Å². The minimum Gasteiger partial charge on any atom is -0.497 e. The third kappa shape index (κ3) is 4.72. The molecule has 0 spiro atoms. The topological polar surface area (TPSA) is 85.4 Å². The molecule has 27 heavy (non-hydrogen) atoms. The molecule has 0 aliphatic carbocycles. The van der Waals surface area contributed by atoms with E-state index in [2.05, 4.69) is 20.6 Å². The van der Waals surface area contributed by atoms with Gasteiger partial charge in [-0.2, -0.15) is 0 Å². The monoisotopic (exact) mass is 364 g/mol. The number of amides is 2. The van der Waals surface area contributed by atoms with Crippen molar-refractivity contribution < 1.29 is 14.3 Å². The molecular formula is C20H20N4O3. The molecule has 3 rings (SSSR count). The van der Waals surface area contributed by atoms with Crippen LogP contribution < -0.4 is 20.1 Å². The van der Waals surface area contributed by atoms with Gasteiger partial charge in [0.2, 0.25) is 0 Å². The summed E-state index contributed by atoms with van der Waals surface area (Å²) in [5, 5.41) is 5.56. The molecule has 2 heterocycles. The molecule has 0 atom stereocenters. The lowest BCUT2D eigenvalue weighted by Crippen LogP contribution is -2.28. The smallest absolute Gasteiger partial charge is 0.319 e. The summed E-state index contributed by atoms with van der Waals surface area (Å²) in [6.45, 7) is 0.352. The Morgan fingerprint density at radius 3 is 2.63 bits per heavy atom. The van der Waals surface area contributed by atoms with Crippen LogP contribution in [0.2, 0.25) is 0 Å². The number of benzene rings is 1. The quantitative estimate of drug-likeness (QED) is 0.699. The van der Waals surface area contributed by atoms with Crippen LogP contribution >= 0.6 is 0 Å². The number of hydrogen-bond acceptors (Lipinski definition) is 5. The van der Waals surface area contributed by atoms with Crippen molar-refractivity contribution in [3.8, 4) is 22.8 Å². The van der Waals surface area contributed by atoms with Gasteiger partial charge in [0, 0.05) is 36.8 Å². The molecular weight excluding hydrogens is 344 g/mol. The van der Waals surface area contributed by atoms with Crippen LogP contribution in [-0.4, -0.2) is 30.2 Å². The number of methoxy groups -OCH3 is 2. The minimum absolute atomic E-state index is 0.338. The van der Waals surface area contributed by atoms with Crippen LogP contribution in [0, 0.1) is 0 Å². The second kappa shape index (κ2) is 8.66. The van der Waals surface area contributed by atoms with Gasteiger partial charge in [0.05, 0.1) is 25.6 Å². The highest BCUT2D eigenvalue weighted by Gasteiger charge is 2.09. The van der Waals surface area contributed by atoms with Gasteiger partial charge in [-0.05, 0) is 35.9 Å². The Hall–Kier alpha value is -3.61. The number of rotatable bonds is 6. The number of ether oxygens (including phenoxy) is 2. The van der Waals surface area contributed by atoms with E-state index in [4.69, 9.17) is 9.47 Å². The predicted molar refractivity (Wildman–Crippen MR) is 103 cm³/mol. The van der Waals surface area contributed by atoms with Crippen LogP contribution in [0.1, 0.15) is 5.56 Å². The fourth-order valence-corrected chi connectivity index (χ4v) is 2.46. The van der Waals surface area contributed by atoms with Crippen molar-refractivity contribution in [2.45, 2.75) is 6.54 Å². The Morgan fingerprint density at radius 2 is 1.96 bits per heavy atom. The number of nitrogens with zero attached hydrogens (tertiary/aromatic N) is 2. The summed E-state index contributed by atoms with van der Waals surface area (Å²) in [7, 11) is 3.11. The maximum absolute atomic E-state index is 12.2. The van der Waals surface area contributed by atoms with Crippen molar-refractivity contribution in [1.29, 1.82) is 0 Å². The highest BCUT2D eigenvalue weighted by molar-refractivity contribution is 5.91. The number of aromatic nitrogens is 2. The van der Waals surface area contributed by atoms with Gasteiger partial charge in [-0.1, -0.05) is 6.07 Å². The first-order chi connectivity index (χ1) is 13.2. The molecule has 3 aromatic rings. The molecule has 1 aromatic carbocycles. The van der Waals surface area contributed by atoms with E-state index >= 15 is 0 Å². The highest BCUT2D eigenvalue weighted by Crippen LogP contribution is 2.28. The first kappa shape index (κ1) is 18.2. The SMILES string of the molecule is COc1ccc(NC(=O)NCc2ccc(-c3cccnc3)nc2)c(OC)c1. The van der Waals surface area contributed by atoms with E-state index in [1.54, 1.807) is 43.9 Å². The zero-order valence-corrected chi connectivity index (χ0v) is 15.1. The van der Waals surface area contributed by atoms with Crippen molar-refractivity contribution in [2.24, 2.45) is 0 Å². The second-order valence-electron chi connectivity index (χ2n) is 5.67. The summed E-state index contributed by atoms with van der Waals surface area (Å²) in [4.78, 5) is 20.7. The van der Waals surface area contributed by atoms with Crippen molar-refractivity contribution >= 4 is 11.7 Å². The normalized spacial score (nSPS) is 10.1. The van der Waals surface area contributed by atoms with Crippen molar-refractivity contribution in [3.63, 3.8) is 0 Å². The van der Waals surface area contributed by atoms with Gasteiger partial charge in [-0.15, -0.1) is 0 Å². The Morgan fingerprint density at radius 1 is 1.07 bits per heavy atom. The summed E-state index contributed by atoms with van der Waals surface area (Å²) in [5.41, 5.74) is 3.22. The van der Waals surface area contributed by atoms with E-state index in [0.29, 0.717) is 23.7 Å². The zero-order valence-electron chi connectivity index (χ0n) is 15.1. The van der Waals surface area contributed by atoms with Gasteiger partial charge >= 0.3 is 6.03 Å².